The van der Waals surface area contributed by atoms with E-state index in [2.05, 4.69) is 4.98 Å². The lowest BCUT2D eigenvalue weighted by atomic mass is 10.2. The number of aromatic nitrogens is 1. The van der Waals surface area contributed by atoms with Crippen LogP contribution in [0.15, 0.2) is 42.6 Å². The normalized spacial score (nSPS) is 10.2. The molecule has 2 N–H and O–H groups in total. The third-order valence-corrected chi connectivity index (χ3v) is 2.53. The van der Waals surface area contributed by atoms with Gasteiger partial charge in [-0.05, 0) is 29.8 Å². The first-order chi connectivity index (χ1) is 8.16. The van der Waals surface area contributed by atoms with Gasteiger partial charge in [0.1, 0.15) is 11.4 Å². The SMILES string of the molecule is CN(Cc1ccc(O)cc1)C(=O)c1ccc[nH]1. The summed E-state index contributed by atoms with van der Waals surface area (Å²) in [4.78, 5) is 16.4. The minimum absolute atomic E-state index is 0.0527. The van der Waals surface area contributed by atoms with Gasteiger partial charge in [0.2, 0.25) is 0 Å². The molecule has 2 aromatic rings. The number of aromatic hydroxyl groups is 1. The van der Waals surface area contributed by atoms with Crippen LogP contribution in [0.2, 0.25) is 0 Å². The number of nitrogens with zero attached hydrogens (tertiary/aromatic N) is 1. The molecule has 0 bridgehead atoms. The molecule has 0 radical (unpaired) electrons. The van der Waals surface area contributed by atoms with E-state index in [1.807, 2.05) is 0 Å². The van der Waals surface area contributed by atoms with E-state index in [4.69, 9.17) is 5.11 Å². The molecule has 0 fully saturated rings. The number of phenolic OH excluding ortho intramolecular Hbond substituents is 1. The van der Waals surface area contributed by atoms with Gasteiger partial charge in [0.05, 0.1) is 0 Å². The Kier molecular flexibility index (Phi) is 3.14. The van der Waals surface area contributed by atoms with Crippen molar-refractivity contribution in [2.24, 2.45) is 0 Å². The van der Waals surface area contributed by atoms with Crippen LogP contribution in [0.4, 0.5) is 0 Å². The highest BCUT2D eigenvalue weighted by molar-refractivity contribution is 5.92. The average molecular weight is 230 g/mol. The summed E-state index contributed by atoms with van der Waals surface area (Å²) in [6.45, 7) is 0.512. The van der Waals surface area contributed by atoms with Gasteiger partial charge < -0.3 is 15.0 Å². The third-order valence-electron chi connectivity index (χ3n) is 2.53. The number of aromatic amines is 1. The fraction of sp³-hybridized carbons (Fsp3) is 0.154. The maximum absolute atomic E-state index is 11.9. The van der Waals surface area contributed by atoms with Gasteiger partial charge in [-0.1, -0.05) is 12.1 Å². The van der Waals surface area contributed by atoms with E-state index in [1.165, 1.54) is 0 Å². The molecule has 4 nitrogen and oxygen atoms in total. The topological polar surface area (TPSA) is 56.3 Å². The van der Waals surface area contributed by atoms with Gasteiger partial charge in [0.25, 0.3) is 5.91 Å². The first kappa shape index (κ1) is 11.3. The Balaban J connectivity index is 2.04. The number of rotatable bonds is 3. The molecule has 2 rings (SSSR count). The van der Waals surface area contributed by atoms with Gasteiger partial charge in [-0.3, -0.25) is 4.79 Å². The summed E-state index contributed by atoms with van der Waals surface area (Å²) in [6.07, 6.45) is 1.72. The third kappa shape index (κ3) is 2.66. The Morgan fingerprint density at radius 3 is 2.59 bits per heavy atom. The van der Waals surface area contributed by atoms with Crippen LogP contribution in [0.5, 0.6) is 5.75 Å². The van der Waals surface area contributed by atoms with Gasteiger partial charge in [-0.25, -0.2) is 0 Å². The van der Waals surface area contributed by atoms with Crippen LogP contribution in [0, 0.1) is 0 Å². The maximum Gasteiger partial charge on any atom is 0.270 e. The Bertz CT molecular complexity index is 489. The Labute approximate surface area is 99.5 Å². The lowest BCUT2D eigenvalue weighted by Crippen LogP contribution is -2.26. The standard InChI is InChI=1S/C13H14N2O2/c1-15(13(17)12-3-2-8-14-12)9-10-4-6-11(16)7-5-10/h2-8,14,16H,9H2,1H3. The number of benzene rings is 1. The first-order valence-electron chi connectivity index (χ1n) is 5.33. The van der Waals surface area contributed by atoms with Crippen molar-refractivity contribution in [3.05, 3.63) is 53.9 Å². The van der Waals surface area contributed by atoms with E-state index in [-0.39, 0.29) is 11.7 Å². The van der Waals surface area contributed by atoms with Crippen LogP contribution in [0.25, 0.3) is 0 Å². The van der Waals surface area contributed by atoms with Crippen molar-refractivity contribution >= 4 is 5.91 Å². The summed E-state index contributed by atoms with van der Waals surface area (Å²) in [5.41, 5.74) is 1.55. The molecule has 0 aliphatic carbocycles. The number of phenols is 1. The maximum atomic E-state index is 11.9. The number of carbonyl (C=O) groups is 1. The monoisotopic (exact) mass is 230 g/mol. The van der Waals surface area contributed by atoms with Gasteiger partial charge in [0.15, 0.2) is 0 Å². The molecule has 1 amide bonds. The van der Waals surface area contributed by atoms with Gasteiger partial charge in [-0.15, -0.1) is 0 Å². The minimum atomic E-state index is -0.0527. The lowest BCUT2D eigenvalue weighted by molar-refractivity contribution is 0.0780. The van der Waals surface area contributed by atoms with Crippen molar-refractivity contribution in [1.82, 2.24) is 9.88 Å². The van der Waals surface area contributed by atoms with E-state index in [9.17, 15) is 4.79 Å². The number of amides is 1. The van der Waals surface area contributed by atoms with E-state index in [0.717, 1.165) is 5.56 Å². The molecule has 0 aliphatic rings. The molecule has 1 aromatic heterocycles. The second-order valence-electron chi connectivity index (χ2n) is 3.91. The summed E-state index contributed by atoms with van der Waals surface area (Å²) in [5.74, 6) is 0.176. The smallest absolute Gasteiger partial charge is 0.270 e. The van der Waals surface area contributed by atoms with Crippen LogP contribution in [0.3, 0.4) is 0 Å². The summed E-state index contributed by atoms with van der Waals surface area (Å²) < 4.78 is 0. The predicted octanol–water partition coefficient (Wildman–Crippen LogP) is 1.99. The van der Waals surface area contributed by atoms with Crippen molar-refractivity contribution in [1.29, 1.82) is 0 Å². The molecular weight excluding hydrogens is 216 g/mol. The van der Waals surface area contributed by atoms with E-state index >= 15 is 0 Å². The molecule has 4 heteroatoms. The highest BCUT2D eigenvalue weighted by Crippen LogP contribution is 2.12. The van der Waals surface area contributed by atoms with Gasteiger partial charge in [0, 0.05) is 19.8 Å². The van der Waals surface area contributed by atoms with Crippen LogP contribution >= 0.6 is 0 Å². The summed E-state index contributed by atoms with van der Waals surface area (Å²) in [6, 6.07) is 10.4. The number of H-pyrrole nitrogens is 1. The number of hydrogen-bond acceptors (Lipinski definition) is 2. The fourth-order valence-electron chi connectivity index (χ4n) is 1.62. The first-order valence-corrected chi connectivity index (χ1v) is 5.33. The largest absolute Gasteiger partial charge is 0.508 e. The molecule has 1 aromatic carbocycles. The van der Waals surface area contributed by atoms with Crippen LogP contribution in [-0.4, -0.2) is 27.9 Å². The summed E-state index contributed by atoms with van der Waals surface area (Å²) in [5, 5.41) is 9.16. The van der Waals surface area contributed by atoms with E-state index in [1.54, 1.807) is 54.5 Å². The van der Waals surface area contributed by atoms with Gasteiger partial charge in [-0.2, -0.15) is 0 Å². The molecular formula is C13H14N2O2. The molecule has 0 saturated heterocycles. The number of hydrogen-bond donors (Lipinski definition) is 2. The van der Waals surface area contributed by atoms with Crippen LogP contribution < -0.4 is 0 Å². The average Bonchev–Trinajstić information content (AvgIpc) is 2.84. The zero-order chi connectivity index (χ0) is 12.3. The van der Waals surface area contributed by atoms with E-state index < -0.39 is 0 Å². The highest BCUT2D eigenvalue weighted by Gasteiger charge is 2.12. The van der Waals surface area contributed by atoms with Crippen LogP contribution in [-0.2, 0) is 6.54 Å². The summed E-state index contributed by atoms with van der Waals surface area (Å²) in [7, 11) is 1.75. The molecule has 0 aliphatic heterocycles. The van der Waals surface area contributed by atoms with E-state index in [0.29, 0.717) is 12.2 Å². The van der Waals surface area contributed by atoms with Crippen molar-refractivity contribution in [3.63, 3.8) is 0 Å². The lowest BCUT2D eigenvalue weighted by Gasteiger charge is -2.16. The summed E-state index contributed by atoms with van der Waals surface area (Å²) >= 11 is 0. The highest BCUT2D eigenvalue weighted by atomic mass is 16.3. The molecule has 88 valence electrons. The second-order valence-corrected chi connectivity index (χ2v) is 3.91. The molecule has 0 atom stereocenters. The number of nitrogens with one attached hydrogen (secondary N) is 1. The molecule has 0 saturated carbocycles. The predicted molar refractivity (Wildman–Crippen MR) is 64.7 cm³/mol. The Hall–Kier alpha value is -2.23. The minimum Gasteiger partial charge on any atom is -0.508 e. The molecule has 0 unspecified atom stereocenters. The Morgan fingerprint density at radius 1 is 1.29 bits per heavy atom. The number of carbonyl (C=O) groups excluding carboxylic acids is 1. The van der Waals surface area contributed by atoms with Crippen molar-refractivity contribution in [3.8, 4) is 5.75 Å². The van der Waals surface area contributed by atoms with Crippen molar-refractivity contribution in [2.75, 3.05) is 7.05 Å². The molecule has 1 heterocycles. The molecule has 0 spiro atoms. The fourth-order valence-corrected chi connectivity index (χ4v) is 1.62. The second kappa shape index (κ2) is 4.74. The molecule has 17 heavy (non-hydrogen) atoms. The Morgan fingerprint density at radius 2 is 2.00 bits per heavy atom. The van der Waals surface area contributed by atoms with Crippen molar-refractivity contribution in [2.45, 2.75) is 6.54 Å². The van der Waals surface area contributed by atoms with Crippen molar-refractivity contribution < 1.29 is 9.90 Å². The van der Waals surface area contributed by atoms with Gasteiger partial charge >= 0.3 is 0 Å². The van der Waals surface area contributed by atoms with Crippen LogP contribution in [0.1, 0.15) is 16.1 Å². The zero-order valence-corrected chi connectivity index (χ0v) is 9.55. The zero-order valence-electron chi connectivity index (χ0n) is 9.55. The quantitative estimate of drug-likeness (QED) is 0.847.